The van der Waals surface area contributed by atoms with E-state index in [2.05, 4.69) is 49.0 Å². The normalized spacial score (nSPS) is 13.4. The van der Waals surface area contributed by atoms with Crippen LogP contribution in [0.5, 0.6) is 0 Å². The Labute approximate surface area is 172 Å². The van der Waals surface area contributed by atoms with Crippen molar-refractivity contribution in [3.63, 3.8) is 0 Å². The Balaban J connectivity index is 2.17. The summed E-state index contributed by atoms with van der Waals surface area (Å²) in [7, 11) is -5.25. The Bertz CT molecular complexity index is 817. The van der Waals surface area contributed by atoms with Crippen molar-refractivity contribution in [2.75, 3.05) is 0 Å². The quantitative estimate of drug-likeness (QED) is 0.402. The van der Waals surface area contributed by atoms with E-state index in [0.717, 1.165) is 30.9 Å². The van der Waals surface area contributed by atoms with Crippen LogP contribution >= 0.6 is 0 Å². The van der Waals surface area contributed by atoms with Crippen molar-refractivity contribution >= 4 is 23.3 Å². The molecule has 0 aliphatic rings. The smallest absolute Gasteiger partial charge is 0.208 e. The molecule has 2 aromatic rings. The highest BCUT2D eigenvalue weighted by molar-refractivity contribution is 7.89. The van der Waals surface area contributed by atoms with Gasteiger partial charge in [-0.15, -0.1) is 0 Å². The lowest BCUT2D eigenvalue weighted by molar-refractivity contribution is 0.519. The van der Waals surface area contributed by atoms with E-state index in [9.17, 15) is 8.42 Å². The fourth-order valence-corrected chi connectivity index (χ4v) is 7.94. The number of hydrogen-bond acceptors (Lipinski definition) is 2. The second-order valence-corrected chi connectivity index (χ2v) is 14.9. The molecule has 1 N–H and O–H groups in total. The van der Waals surface area contributed by atoms with Crippen molar-refractivity contribution in [2.45, 2.75) is 76.0 Å². The number of sulfonamides is 1. The molecular weight excluding hydrogens is 382 g/mol. The number of rotatable bonds is 11. The predicted molar refractivity (Wildman–Crippen MR) is 122 cm³/mol. The summed E-state index contributed by atoms with van der Waals surface area (Å²) in [5, 5.41) is 1.38. The number of aryl methyl sites for hydroxylation is 1. The first kappa shape index (κ1) is 22.9. The number of benzene rings is 2. The van der Waals surface area contributed by atoms with Gasteiger partial charge in [0.1, 0.15) is 0 Å². The Hall–Kier alpha value is -1.43. The highest BCUT2D eigenvalue weighted by atomic mass is 32.2. The maximum atomic E-state index is 13.0. The van der Waals surface area contributed by atoms with Gasteiger partial charge in [-0.1, -0.05) is 98.9 Å². The summed E-state index contributed by atoms with van der Waals surface area (Å²) in [6, 6.07) is 18.6. The first-order valence-corrected chi connectivity index (χ1v) is 15.1. The summed E-state index contributed by atoms with van der Waals surface area (Å²) >= 11 is 0. The Morgan fingerprint density at radius 1 is 0.929 bits per heavy atom. The molecule has 154 valence electrons. The molecule has 0 aliphatic carbocycles. The lowest BCUT2D eigenvalue weighted by Gasteiger charge is -2.29. The minimum atomic E-state index is -3.50. The minimum absolute atomic E-state index is 0.0231. The second kappa shape index (κ2) is 10.4. The molecule has 5 heteroatoms. The SMILES string of the molecule is CCCCCCC(C[Si](C)(C)c1ccccc1)NS(=O)(=O)c1ccc(C)cc1. The van der Waals surface area contributed by atoms with Crippen molar-refractivity contribution in [3.05, 3.63) is 60.2 Å². The summed E-state index contributed by atoms with van der Waals surface area (Å²) < 4.78 is 29.0. The zero-order valence-electron chi connectivity index (χ0n) is 17.7. The van der Waals surface area contributed by atoms with E-state index >= 15 is 0 Å². The lowest BCUT2D eigenvalue weighted by Crippen LogP contribution is -2.48. The molecule has 0 fully saturated rings. The van der Waals surface area contributed by atoms with Gasteiger partial charge in [0.15, 0.2) is 0 Å². The molecular formula is C23H35NO2SSi. The van der Waals surface area contributed by atoms with Gasteiger partial charge in [-0.05, 0) is 31.5 Å². The molecule has 0 aromatic heterocycles. The molecule has 1 unspecified atom stereocenters. The summed E-state index contributed by atoms with van der Waals surface area (Å²) in [5.74, 6) is 0. The van der Waals surface area contributed by atoms with Gasteiger partial charge in [0, 0.05) is 6.04 Å². The Morgan fingerprint density at radius 2 is 1.57 bits per heavy atom. The van der Waals surface area contributed by atoms with Crippen LogP contribution in [0.15, 0.2) is 59.5 Å². The maximum absolute atomic E-state index is 13.0. The second-order valence-electron chi connectivity index (χ2n) is 8.43. The fraction of sp³-hybridized carbons (Fsp3) is 0.478. The summed E-state index contributed by atoms with van der Waals surface area (Å²) in [4.78, 5) is 0.357. The molecule has 1 atom stereocenters. The van der Waals surface area contributed by atoms with E-state index in [-0.39, 0.29) is 6.04 Å². The fourth-order valence-electron chi connectivity index (χ4n) is 3.65. The molecule has 28 heavy (non-hydrogen) atoms. The third-order valence-electron chi connectivity index (χ3n) is 5.37. The van der Waals surface area contributed by atoms with Gasteiger partial charge in [0.25, 0.3) is 0 Å². The largest absolute Gasteiger partial charge is 0.240 e. The standard InChI is InChI=1S/C23H35NO2SSi/c1-5-6-7-9-12-21(19-28(3,4)23-13-10-8-11-14-23)24-27(25,26)22-17-15-20(2)16-18-22/h8,10-11,13-18,21,24H,5-7,9,12,19H2,1-4H3. The van der Waals surface area contributed by atoms with Crippen molar-refractivity contribution in [3.8, 4) is 0 Å². The molecule has 0 bridgehead atoms. The minimum Gasteiger partial charge on any atom is -0.208 e. The van der Waals surface area contributed by atoms with Crippen molar-refractivity contribution < 1.29 is 8.42 Å². The average molecular weight is 418 g/mol. The van der Waals surface area contributed by atoms with Gasteiger partial charge in [-0.25, -0.2) is 13.1 Å². The molecule has 0 amide bonds. The molecule has 2 aromatic carbocycles. The zero-order chi connectivity index (χ0) is 20.6. The van der Waals surface area contributed by atoms with E-state index in [1.165, 1.54) is 18.0 Å². The van der Waals surface area contributed by atoms with Crippen LogP contribution < -0.4 is 9.91 Å². The predicted octanol–water partition coefficient (Wildman–Crippen LogP) is 5.23. The number of unbranched alkanes of at least 4 members (excludes halogenated alkanes) is 3. The van der Waals surface area contributed by atoms with Crippen LogP contribution in [0.4, 0.5) is 0 Å². The number of hydrogen-bond donors (Lipinski definition) is 1. The summed E-state index contributed by atoms with van der Waals surface area (Å²) in [6.07, 6.45) is 5.51. The molecule has 0 heterocycles. The molecule has 3 nitrogen and oxygen atoms in total. The van der Waals surface area contributed by atoms with E-state index in [1.807, 2.05) is 25.1 Å². The summed E-state index contributed by atoms with van der Waals surface area (Å²) in [5.41, 5.74) is 1.06. The first-order chi connectivity index (χ1) is 13.2. The highest BCUT2D eigenvalue weighted by Crippen LogP contribution is 2.20. The van der Waals surface area contributed by atoms with Gasteiger partial charge in [-0.2, -0.15) is 0 Å². The van der Waals surface area contributed by atoms with E-state index in [1.54, 1.807) is 12.1 Å². The van der Waals surface area contributed by atoms with Crippen LogP contribution in [0.2, 0.25) is 19.1 Å². The lowest BCUT2D eigenvalue weighted by atomic mass is 10.1. The summed E-state index contributed by atoms with van der Waals surface area (Å²) in [6.45, 7) is 8.83. The Kier molecular flexibility index (Phi) is 8.47. The van der Waals surface area contributed by atoms with Crippen LogP contribution in [0.25, 0.3) is 0 Å². The third-order valence-corrected chi connectivity index (χ3v) is 10.3. The van der Waals surface area contributed by atoms with E-state index in [4.69, 9.17) is 0 Å². The topological polar surface area (TPSA) is 46.2 Å². The van der Waals surface area contributed by atoms with Crippen LogP contribution in [-0.4, -0.2) is 22.5 Å². The Morgan fingerprint density at radius 3 is 2.18 bits per heavy atom. The van der Waals surface area contributed by atoms with Crippen LogP contribution in [0.1, 0.15) is 44.6 Å². The molecule has 0 spiro atoms. The number of nitrogens with one attached hydrogen (secondary N) is 1. The van der Waals surface area contributed by atoms with Crippen molar-refractivity contribution in [1.29, 1.82) is 0 Å². The molecule has 0 saturated carbocycles. The van der Waals surface area contributed by atoms with E-state index < -0.39 is 18.1 Å². The van der Waals surface area contributed by atoms with Crippen LogP contribution in [-0.2, 0) is 10.0 Å². The first-order valence-electron chi connectivity index (χ1n) is 10.4. The zero-order valence-corrected chi connectivity index (χ0v) is 19.6. The van der Waals surface area contributed by atoms with Crippen LogP contribution in [0, 0.1) is 6.92 Å². The van der Waals surface area contributed by atoms with Gasteiger partial charge < -0.3 is 0 Å². The van der Waals surface area contributed by atoms with Crippen LogP contribution in [0.3, 0.4) is 0 Å². The highest BCUT2D eigenvalue weighted by Gasteiger charge is 2.30. The van der Waals surface area contributed by atoms with Gasteiger partial charge in [0.2, 0.25) is 10.0 Å². The molecule has 2 rings (SSSR count). The average Bonchev–Trinajstić information content (AvgIpc) is 2.65. The monoisotopic (exact) mass is 417 g/mol. The van der Waals surface area contributed by atoms with Crippen molar-refractivity contribution in [1.82, 2.24) is 4.72 Å². The third kappa shape index (κ3) is 6.87. The molecule has 0 saturated heterocycles. The van der Waals surface area contributed by atoms with Gasteiger partial charge in [0.05, 0.1) is 13.0 Å². The van der Waals surface area contributed by atoms with E-state index in [0.29, 0.717) is 4.90 Å². The maximum Gasteiger partial charge on any atom is 0.240 e. The van der Waals surface area contributed by atoms with Gasteiger partial charge in [-0.3, -0.25) is 0 Å². The molecule has 0 radical (unpaired) electrons. The molecule has 0 aliphatic heterocycles. The van der Waals surface area contributed by atoms with Gasteiger partial charge >= 0.3 is 0 Å². The van der Waals surface area contributed by atoms with Crippen molar-refractivity contribution in [2.24, 2.45) is 0 Å².